The quantitative estimate of drug-likeness (QED) is 0.861. The third-order valence-electron chi connectivity index (χ3n) is 4.10. The SMILES string of the molecule is Cc1cc(N2CCC(N)C(C)C2C)ccc1Br. The van der Waals surface area contributed by atoms with Crippen LogP contribution < -0.4 is 10.6 Å². The fraction of sp³-hybridized carbons (Fsp3) is 0.571. The molecule has 1 heterocycles. The van der Waals surface area contributed by atoms with E-state index in [1.807, 2.05) is 0 Å². The Bertz CT molecular complexity index is 405. The molecule has 1 aliphatic rings. The van der Waals surface area contributed by atoms with Crippen molar-refractivity contribution < 1.29 is 0 Å². The highest BCUT2D eigenvalue weighted by Gasteiger charge is 2.30. The van der Waals surface area contributed by atoms with Gasteiger partial charge in [-0.3, -0.25) is 0 Å². The summed E-state index contributed by atoms with van der Waals surface area (Å²) in [4.78, 5) is 2.48. The van der Waals surface area contributed by atoms with Gasteiger partial charge in [-0.1, -0.05) is 22.9 Å². The first-order chi connectivity index (χ1) is 8.00. The first-order valence-corrected chi connectivity index (χ1v) is 7.08. The number of hydrogen-bond donors (Lipinski definition) is 1. The zero-order valence-corrected chi connectivity index (χ0v) is 12.4. The Kier molecular flexibility index (Phi) is 3.79. The monoisotopic (exact) mass is 296 g/mol. The van der Waals surface area contributed by atoms with Crippen molar-refractivity contribution in [3.63, 3.8) is 0 Å². The molecule has 1 aromatic rings. The summed E-state index contributed by atoms with van der Waals surface area (Å²) in [6, 6.07) is 7.44. The van der Waals surface area contributed by atoms with Crippen LogP contribution in [0.15, 0.2) is 22.7 Å². The summed E-state index contributed by atoms with van der Waals surface area (Å²) in [6.07, 6.45) is 1.08. The van der Waals surface area contributed by atoms with Gasteiger partial charge in [-0.05, 0) is 49.9 Å². The number of anilines is 1. The maximum Gasteiger partial charge on any atom is 0.0372 e. The molecule has 0 radical (unpaired) electrons. The summed E-state index contributed by atoms with van der Waals surface area (Å²) < 4.78 is 1.18. The van der Waals surface area contributed by atoms with E-state index in [9.17, 15) is 0 Å². The zero-order valence-electron chi connectivity index (χ0n) is 10.8. The number of aryl methyl sites for hydroxylation is 1. The highest BCUT2D eigenvalue weighted by molar-refractivity contribution is 9.10. The Hall–Kier alpha value is -0.540. The van der Waals surface area contributed by atoms with Gasteiger partial charge in [0.25, 0.3) is 0 Å². The lowest BCUT2D eigenvalue weighted by atomic mass is 9.87. The van der Waals surface area contributed by atoms with Gasteiger partial charge in [0.1, 0.15) is 0 Å². The van der Waals surface area contributed by atoms with Gasteiger partial charge in [0.15, 0.2) is 0 Å². The van der Waals surface area contributed by atoms with E-state index in [4.69, 9.17) is 5.73 Å². The van der Waals surface area contributed by atoms with Crippen molar-refractivity contribution in [3.05, 3.63) is 28.2 Å². The second kappa shape index (κ2) is 4.99. The van der Waals surface area contributed by atoms with Gasteiger partial charge >= 0.3 is 0 Å². The minimum atomic E-state index is 0.345. The van der Waals surface area contributed by atoms with Crippen LogP contribution >= 0.6 is 15.9 Å². The van der Waals surface area contributed by atoms with Gasteiger partial charge < -0.3 is 10.6 Å². The number of rotatable bonds is 1. The van der Waals surface area contributed by atoms with Crippen molar-refractivity contribution in [1.29, 1.82) is 0 Å². The number of nitrogens with two attached hydrogens (primary N) is 1. The number of piperidine rings is 1. The molecular weight excluding hydrogens is 276 g/mol. The fourth-order valence-corrected chi connectivity index (χ4v) is 2.81. The fourth-order valence-electron chi connectivity index (χ4n) is 2.57. The molecule has 17 heavy (non-hydrogen) atoms. The van der Waals surface area contributed by atoms with Crippen molar-refractivity contribution in [3.8, 4) is 0 Å². The molecule has 1 saturated heterocycles. The van der Waals surface area contributed by atoms with E-state index in [2.05, 4.69) is 59.8 Å². The van der Waals surface area contributed by atoms with Crippen LogP contribution in [0.4, 0.5) is 5.69 Å². The second-order valence-electron chi connectivity index (χ2n) is 5.18. The molecule has 1 fully saturated rings. The molecule has 94 valence electrons. The van der Waals surface area contributed by atoms with Gasteiger partial charge in [0.2, 0.25) is 0 Å². The van der Waals surface area contributed by atoms with Crippen molar-refractivity contribution in [2.75, 3.05) is 11.4 Å². The van der Waals surface area contributed by atoms with Crippen molar-refractivity contribution in [2.45, 2.75) is 39.3 Å². The lowest BCUT2D eigenvalue weighted by Crippen LogP contribution is -2.51. The van der Waals surface area contributed by atoms with E-state index in [-0.39, 0.29) is 0 Å². The third-order valence-corrected chi connectivity index (χ3v) is 4.99. The van der Waals surface area contributed by atoms with Gasteiger partial charge in [0.05, 0.1) is 0 Å². The van der Waals surface area contributed by atoms with E-state index >= 15 is 0 Å². The highest BCUT2D eigenvalue weighted by atomic mass is 79.9. The smallest absolute Gasteiger partial charge is 0.0372 e. The summed E-state index contributed by atoms with van der Waals surface area (Å²) in [5, 5.41) is 0. The molecule has 2 rings (SSSR count). The largest absolute Gasteiger partial charge is 0.368 e. The molecule has 1 aromatic carbocycles. The molecule has 0 amide bonds. The number of hydrogen-bond acceptors (Lipinski definition) is 2. The minimum Gasteiger partial charge on any atom is -0.368 e. The molecule has 0 aliphatic carbocycles. The van der Waals surface area contributed by atoms with Crippen molar-refractivity contribution in [2.24, 2.45) is 11.7 Å². The molecule has 3 heteroatoms. The Labute approximate surface area is 112 Å². The molecule has 0 bridgehead atoms. The van der Waals surface area contributed by atoms with Crippen LogP contribution in [0, 0.1) is 12.8 Å². The minimum absolute atomic E-state index is 0.345. The van der Waals surface area contributed by atoms with Gasteiger partial charge in [-0.2, -0.15) is 0 Å². The van der Waals surface area contributed by atoms with E-state index in [1.54, 1.807) is 0 Å². The maximum absolute atomic E-state index is 6.13. The van der Waals surface area contributed by atoms with Crippen LogP contribution in [0.1, 0.15) is 25.8 Å². The lowest BCUT2D eigenvalue weighted by Gasteiger charge is -2.43. The van der Waals surface area contributed by atoms with Gasteiger partial charge in [-0.25, -0.2) is 0 Å². The topological polar surface area (TPSA) is 29.3 Å². The molecule has 2 N–H and O–H groups in total. The van der Waals surface area contributed by atoms with Crippen molar-refractivity contribution >= 4 is 21.6 Å². The number of benzene rings is 1. The summed E-state index contributed by atoms with van der Waals surface area (Å²) in [7, 11) is 0. The molecule has 3 atom stereocenters. The summed E-state index contributed by atoms with van der Waals surface area (Å²) in [6.45, 7) is 7.74. The second-order valence-corrected chi connectivity index (χ2v) is 6.03. The molecular formula is C14H21BrN2. The first kappa shape index (κ1) is 12.9. The molecule has 0 saturated carbocycles. The lowest BCUT2D eigenvalue weighted by molar-refractivity contribution is 0.315. The van der Waals surface area contributed by atoms with Crippen LogP contribution in [0.3, 0.4) is 0 Å². The van der Waals surface area contributed by atoms with E-state index in [1.165, 1.54) is 15.7 Å². The predicted molar refractivity (Wildman–Crippen MR) is 77.4 cm³/mol. The summed E-state index contributed by atoms with van der Waals surface area (Å²) >= 11 is 3.55. The molecule has 0 spiro atoms. The van der Waals surface area contributed by atoms with Crippen LogP contribution in [-0.4, -0.2) is 18.6 Å². The molecule has 2 nitrogen and oxygen atoms in total. The van der Waals surface area contributed by atoms with E-state index in [0.717, 1.165) is 13.0 Å². The number of halogens is 1. The third kappa shape index (κ3) is 2.50. The number of nitrogens with zero attached hydrogens (tertiary/aromatic N) is 1. The average molecular weight is 297 g/mol. The maximum atomic E-state index is 6.13. The Morgan fingerprint density at radius 2 is 2.06 bits per heavy atom. The first-order valence-electron chi connectivity index (χ1n) is 6.29. The molecule has 3 unspecified atom stereocenters. The predicted octanol–water partition coefficient (Wildman–Crippen LogP) is 3.32. The van der Waals surface area contributed by atoms with Gasteiger partial charge in [-0.15, -0.1) is 0 Å². The van der Waals surface area contributed by atoms with Crippen LogP contribution in [0.5, 0.6) is 0 Å². The van der Waals surface area contributed by atoms with Crippen LogP contribution in [0.25, 0.3) is 0 Å². The summed E-state index contributed by atoms with van der Waals surface area (Å²) in [5.41, 5.74) is 8.73. The normalized spacial score (nSPS) is 29.5. The summed E-state index contributed by atoms with van der Waals surface area (Å²) in [5.74, 6) is 0.549. The van der Waals surface area contributed by atoms with Crippen LogP contribution in [-0.2, 0) is 0 Å². The molecule has 1 aliphatic heterocycles. The van der Waals surface area contributed by atoms with E-state index < -0.39 is 0 Å². The molecule has 0 aromatic heterocycles. The Morgan fingerprint density at radius 3 is 2.71 bits per heavy atom. The van der Waals surface area contributed by atoms with Crippen molar-refractivity contribution in [1.82, 2.24) is 0 Å². The average Bonchev–Trinajstić information content (AvgIpc) is 2.30. The zero-order chi connectivity index (χ0) is 12.6. The van der Waals surface area contributed by atoms with Gasteiger partial charge in [0, 0.05) is 28.8 Å². The Balaban J connectivity index is 2.24. The highest BCUT2D eigenvalue weighted by Crippen LogP contribution is 2.30. The standard InChI is InChI=1S/C14H21BrN2/c1-9-8-12(4-5-13(9)15)17-7-6-14(16)10(2)11(17)3/h4-5,8,10-11,14H,6-7,16H2,1-3H3. The van der Waals surface area contributed by atoms with Crippen LogP contribution in [0.2, 0.25) is 0 Å². The van der Waals surface area contributed by atoms with E-state index in [0.29, 0.717) is 18.0 Å². The Morgan fingerprint density at radius 1 is 1.35 bits per heavy atom.